The fraction of sp³-hybridized carbons (Fsp3) is 1.00. The van der Waals surface area contributed by atoms with Crippen molar-refractivity contribution < 1.29 is 9.47 Å². The largest absolute Gasteiger partial charge is 0.371 e. The van der Waals surface area contributed by atoms with E-state index in [9.17, 15) is 0 Å². The van der Waals surface area contributed by atoms with Crippen molar-refractivity contribution in [2.45, 2.75) is 6.10 Å². The SMILES string of the molecule is ClCOCC1CO1. The molecule has 0 amide bonds. The topological polar surface area (TPSA) is 21.8 Å². The summed E-state index contributed by atoms with van der Waals surface area (Å²) in [6.45, 7) is 1.50. The number of ether oxygens (including phenoxy) is 2. The van der Waals surface area contributed by atoms with E-state index < -0.39 is 0 Å². The van der Waals surface area contributed by atoms with Crippen molar-refractivity contribution in [2.75, 3.05) is 19.3 Å². The lowest BCUT2D eigenvalue weighted by molar-refractivity contribution is 0.155. The number of epoxide rings is 1. The molecule has 1 unspecified atom stereocenters. The summed E-state index contributed by atoms with van der Waals surface area (Å²) in [5.74, 6) is 0. The second-order valence-corrected chi connectivity index (χ2v) is 1.65. The van der Waals surface area contributed by atoms with Gasteiger partial charge in [0.15, 0.2) is 0 Å². The molecule has 1 atom stereocenters. The molecule has 0 aromatic rings. The number of alkyl halides is 1. The molecule has 42 valence electrons. The van der Waals surface area contributed by atoms with Gasteiger partial charge in [0.25, 0.3) is 0 Å². The van der Waals surface area contributed by atoms with Gasteiger partial charge < -0.3 is 9.47 Å². The molecule has 0 saturated carbocycles. The molecule has 1 aliphatic rings. The Hall–Kier alpha value is 0.210. The van der Waals surface area contributed by atoms with E-state index in [4.69, 9.17) is 21.1 Å². The highest BCUT2D eigenvalue weighted by atomic mass is 35.5. The van der Waals surface area contributed by atoms with Gasteiger partial charge in [-0.25, -0.2) is 0 Å². The van der Waals surface area contributed by atoms with Gasteiger partial charge in [0.05, 0.1) is 13.2 Å². The van der Waals surface area contributed by atoms with Crippen LogP contribution in [0.4, 0.5) is 0 Å². The number of hydrogen-bond acceptors (Lipinski definition) is 2. The van der Waals surface area contributed by atoms with Crippen LogP contribution in [-0.2, 0) is 9.47 Å². The molecule has 1 fully saturated rings. The summed E-state index contributed by atoms with van der Waals surface area (Å²) in [5, 5.41) is 0. The Morgan fingerprint density at radius 1 is 1.86 bits per heavy atom. The van der Waals surface area contributed by atoms with Gasteiger partial charge in [0.1, 0.15) is 12.2 Å². The lowest BCUT2D eigenvalue weighted by atomic mass is 10.5. The van der Waals surface area contributed by atoms with Crippen molar-refractivity contribution in [3.05, 3.63) is 0 Å². The van der Waals surface area contributed by atoms with Crippen molar-refractivity contribution in [1.82, 2.24) is 0 Å². The zero-order chi connectivity index (χ0) is 5.11. The first-order valence-electron chi connectivity index (χ1n) is 2.19. The molecule has 0 aromatic heterocycles. The second-order valence-electron chi connectivity index (χ2n) is 1.44. The number of hydrogen-bond donors (Lipinski definition) is 0. The third kappa shape index (κ3) is 2.12. The lowest BCUT2D eigenvalue weighted by Crippen LogP contribution is -1.98. The molecule has 0 bridgehead atoms. The minimum absolute atomic E-state index is 0.278. The van der Waals surface area contributed by atoms with Gasteiger partial charge in [0.2, 0.25) is 0 Å². The van der Waals surface area contributed by atoms with E-state index in [2.05, 4.69) is 0 Å². The average Bonchev–Trinajstić information content (AvgIpc) is 2.42. The van der Waals surface area contributed by atoms with Crippen molar-refractivity contribution in [2.24, 2.45) is 0 Å². The van der Waals surface area contributed by atoms with Crippen LogP contribution in [0, 0.1) is 0 Å². The van der Waals surface area contributed by atoms with E-state index in [0.717, 1.165) is 6.61 Å². The van der Waals surface area contributed by atoms with E-state index in [1.807, 2.05) is 0 Å². The van der Waals surface area contributed by atoms with Crippen LogP contribution in [0.5, 0.6) is 0 Å². The van der Waals surface area contributed by atoms with E-state index in [1.165, 1.54) is 0 Å². The Morgan fingerprint density at radius 3 is 3.00 bits per heavy atom. The maximum Gasteiger partial charge on any atom is 0.120 e. The molecule has 0 radical (unpaired) electrons. The van der Waals surface area contributed by atoms with Crippen LogP contribution in [0.3, 0.4) is 0 Å². The third-order valence-corrected chi connectivity index (χ3v) is 0.938. The van der Waals surface area contributed by atoms with Crippen LogP contribution in [0.25, 0.3) is 0 Å². The van der Waals surface area contributed by atoms with Crippen LogP contribution >= 0.6 is 11.6 Å². The van der Waals surface area contributed by atoms with Crippen molar-refractivity contribution in [3.8, 4) is 0 Å². The van der Waals surface area contributed by atoms with Crippen molar-refractivity contribution in [1.29, 1.82) is 0 Å². The van der Waals surface area contributed by atoms with Gasteiger partial charge in [-0.2, -0.15) is 0 Å². The summed E-state index contributed by atoms with van der Waals surface area (Å²) in [6, 6.07) is 0.278. The van der Waals surface area contributed by atoms with Crippen LogP contribution in [0.15, 0.2) is 0 Å². The van der Waals surface area contributed by atoms with Gasteiger partial charge in [-0.15, -0.1) is 0 Å². The van der Waals surface area contributed by atoms with Crippen LogP contribution in [0.2, 0.25) is 0 Å². The number of halogens is 1. The highest BCUT2D eigenvalue weighted by Gasteiger charge is 2.21. The molecule has 1 rings (SSSR count). The lowest BCUT2D eigenvalue weighted by Gasteiger charge is -1.90. The van der Waals surface area contributed by atoms with Crippen LogP contribution in [-0.4, -0.2) is 25.4 Å². The predicted octanol–water partition coefficient (Wildman–Crippen LogP) is 0.598. The van der Waals surface area contributed by atoms with Crippen molar-refractivity contribution >= 4 is 11.6 Å². The van der Waals surface area contributed by atoms with Gasteiger partial charge in [-0.3, -0.25) is 0 Å². The number of rotatable bonds is 3. The summed E-state index contributed by atoms with van der Waals surface area (Å²) >= 11 is 5.20. The molecule has 7 heavy (non-hydrogen) atoms. The predicted molar refractivity (Wildman–Crippen MR) is 26.4 cm³/mol. The first kappa shape index (κ1) is 5.35. The molecular weight excluding hydrogens is 115 g/mol. The summed E-state index contributed by atoms with van der Waals surface area (Å²) in [5.41, 5.74) is 0. The molecule has 1 heterocycles. The molecule has 3 heteroatoms. The average molecular weight is 123 g/mol. The van der Waals surface area contributed by atoms with Gasteiger partial charge in [0, 0.05) is 0 Å². The monoisotopic (exact) mass is 122 g/mol. The molecule has 0 N–H and O–H groups in total. The minimum Gasteiger partial charge on any atom is -0.371 e. The van der Waals surface area contributed by atoms with Gasteiger partial charge in [-0.1, -0.05) is 11.6 Å². The fourth-order valence-corrected chi connectivity index (χ4v) is 0.429. The second kappa shape index (κ2) is 2.50. The highest BCUT2D eigenvalue weighted by molar-refractivity contribution is 6.17. The summed E-state index contributed by atoms with van der Waals surface area (Å²) < 4.78 is 9.62. The Morgan fingerprint density at radius 2 is 2.57 bits per heavy atom. The van der Waals surface area contributed by atoms with E-state index in [1.54, 1.807) is 0 Å². The maximum atomic E-state index is 5.20. The normalized spacial score (nSPS) is 27.9. The molecule has 2 nitrogen and oxygen atoms in total. The summed E-state index contributed by atoms with van der Waals surface area (Å²) in [4.78, 5) is 0. The Kier molecular flexibility index (Phi) is 1.91. The fourth-order valence-electron chi connectivity index (χ4n) is 0.340. The first-order chi connectivity index (χ1) is 3.43. The van der Waals surface area contributed by atoms with Crippen LogP contribution in [0.1, 0.15) is 0 Å². The van der Waals surface area contributed by atoms with E-state index in [0.29, 0.717) is 12.7 Å². The summed E-state index contributed by atoms with van der Waals surface area (Å²) in [7, 11) is 0. The molecule has 0 aromatic carbocycles. The van der Waals surface area contributed by atoms with Gasteiger partial charge >= 0.3 is 0 Å². The third-order valence-electron chi connectivity index (χ3n) is 0.783. The minimum atomic E-state index is 0.278. The zero-order valence-electron chi connectivity index (χ0n) is 3.89. The molecule has 1 aliphatic heterocycles. The molecule has 0 spiro atoms. The van der Waals surface area contributed by atoms with Crippen molar-refractivity contribution in [3.63, 3.8) is 0 Å². The van der Waals surface area contributed by atoms with E-state index >= 15 is 0 Å². The molecule has 0 aliphatic carbocycles. The molecular formula is C4H7ClO2. The van der Waals surface area contributed by atoms with E-state index in [-0.39, 0.29) is 6.07 Å². The standard InChI is InChI=1S/C4H7ClO2/c5-3-6-1-4-2-7-4/h4H,1-3H2. The Balaban J connectivity index is 1.80. The maximum absolute atomic E-state index is 5.20. The van der Waals surface area contributed by atoms with Crippen LogP contribution < -0.4 is 0 Å². The highest BCUT2D eigenvalue weighted by Crippen LogP contribution is 2.08. The Labute approximate surface area is 47.4 Å². The first-order valence-corrected chi connectivity index (χ1v) is 2.72. The van der Waals surface area contributed by atoms with Gasteiger partial charge in [-0.05, 0) is 0 Å². The Bertz CT molecular complexity index is 53.7. The zero-order valence-corrected chi connectivity index (χ0v) is 4.65. The summed E-state index contributed by atoms with van der Waals surface area (Å²) in [6.07, 6.45) is 0.346. The smallest absolute Gasteiger partial charge is 0.120 e. The quantitative estimate of drug-likeness (QED) is 0.404. The molecule has 1 saturated heterocycles.